The lowest BCUT2D eigenvalue weighted by molar-refractivity contribution is -0.116. The summed E-state index contributed by atoms with van der Waals surface area (Å²) in [4.78, 5) is 30.3. The van der Waals surface area contributed by atoms with Crippen molar-refractivity contribution in [1.29, 1.82) is 0 Å². The molecule has 152 valence electrons. The molecule has 1 N–H and O–H groups in total. The number of benzene rings is 1. The first-order valence-corrected chi connectivity index (χ1v) is 10.1. The fourth-order valence-corrected chi connectivity index (χ4v) is 4.31. The van der Waals surface area contributed by atoms with Gasteiger partial charge in [-0.3, -0.25) is 9.59 Å². The number of alkyl halides is 1. The molecule has 2 rings (SSSR count). The van der Waals surface area contributed by atoms with Crippen molar-refractivity contribution < 1.29 is 19.5 Å². The van der Waals surface area contributed by atoms with Crippen LogP contribution in [0.2, 0.25) is 0 Å². The third-order valence-electron chi connectivity index (χ3n) is 5.21. The third-order valence-corrected chi connectivity index (χ3v) is 5.45. The predicted molar refractivity (Wildman–Crippen MR) is 112 cm³/mol. The first kappa shape index (κ1) is 22.2. The van der Waals surface area contributed by atoms with Gasteiger partial charge in [-0.2, -0.15) is 0 Å². The molecule has 0 aromatic heterocycles. The lowest BCUT2D eigenvalue weighted by Gasteiger charge is -2.28. The van der Waals surface area contributed by atoms with Gasteiger partial charge in [-0.25, -0.2) is 0 Å². The van der Waals surface area contributed by atoms with Crippen LogP contribution in [0.4, 0.5) is 0 Å². The van der Waals surface area contributed by atoms with Crippen LogP contribution in [0.1, 0.15) is 71.6 Å². The van der Waals surface area contributed by atoms with Crippen molar-refractivity contribution in [3.8, 4) is 0 Å². The van der Waals surface area contributed by atoms with Gasteiger partial charge >= 0.3 is 0 Å². The number of hydrogen-bond donors (Lipinski definition) is 1. The standard InChI is InChI=1S/C22H28ClNO4/c1-6-16(24-28-7-2)22-17(25)9-15(10-18(22)26)20-12(3)8-13(4)21(14(20)5)19(27)11-23/h8,15,25H,6-7,9-11H2,1-5H3/b24-16-. The van der Waals surface area contributed by atoms with Crippen LogP contribution in [0.25, 0.3) is 0 Å². The Morgan fingerprint density at radius 1 is 1.25 bits per heavy atom. The zero-order chi connectivity index (χ0) is 21.0. The molecule has 0 saturated carbocycles. The molecule has 1 unspecified atom stereocenters. The van der Waals surface area contributed by atoms with E-state index in [0.29, 0.717) is 30.7 Å². The Hall–Kier alpha value is -2.14. The Morgan fingerprint density at radius 2 is 1.93 bits per heavy atom. The maximum atomic E-state index is 12.9. The molecule has 0 radical (unpaired) electrons. The molecule has 0 bridgehead atoms. The van der Waals surface area contributed by atoms with Crippen molar-refractivity contribution >= 4 is 28.9 Å². The summed E-state index contributed by atoms with van der Waals surface area (Å²) in [5.74, 6) is -0.525. The third kappa shape index (κ3) is 4.30. The van der Waals surface area contributed by atoms with E-state index in [4.69, 9.17) is 16.4 Å². The number of ketones is 2. The topological polar surface area (TPSA) is 76.0 Å². The minimum atomic E-state index is -0.191. The van der Waals surface area contributed by atoms with Crippen molar-refractivity contribution in [1.82, 2.24) is 0 Å². The molecule has 0 aliphatic heterocycles. The van der Waals surface area contributed by atoms with E-state index in [-0.39, 0.29) is 41.1 Å². The van der Waals surface area contributed by atoms with E-state index in [1.807, 2.05) is 40.7 Å². The van der Waals surface area contributed by atoms with Gasteiger partial charge < -0.3 is 9.94 Å². The van der Waals surface area contributed by atoms with Crippen LogP contribution in [0.3, 0.4) is 0 Å². The van der Waals surface area contributed by atoms with Crippen LogP contribution in [0.15, 0.2) is 22.6 Å². The van der Waals surface area contributed by atoms with Crippen molar-refractivity contribution in [3.05, 3.63) is 45.2 Å². The number of oxime groups is 1. The summed E-state index contributed by atoms with van der Waals surface area (Å²) in [5, 5.41) is 14.7. The minimum Gasteiger partial charge on any atom is -0.511 e. The quantitative estimate of drug-likeness (QED) is 0.296. The van der Waals surface area contributed by atoms with Crippen LogP contribution in [0, 0.1) is 20.8 Å². The highest BCUT2D eigenvalue weighted by atomic mass is 35.5. The summed E-state index contributed by atoms with van der Waals surface area (Å²) in [6.07, 6.45) is 1.07. The molecule has 1 aromatic carbocycles. The Kier molecular flexibility index (Phi) is 7.41. The monoisotopic (exact) mass is 405 g/mol. The number of hydrogen-bond acceptors (Lipinski definition) is 5. The van der Waals surface area contributed by atoms with Gasteiger partial charge in [0.25, 0.3) is 0 Å². The lowest BCUT2D eigenvalue weighted by atomic mass is 9.76. The number of Topliss-reactive ketones (excluding diaryl/α,β-unsaturated/α-hetero) is 2. The first-order chi connectivity index (χ1) is 13.3. The van der Waals surface area contributed by atoms with Crippen LogP contribution in [-0.2, 0) is 9.63 Å². The highest BCUT2D eigenvalue weighted by molar-refractivity contribution is 6.31. The molecule has 6 heteroatoms. The van der Waals surface area contributed by atoms with Gasteiger partial charge in [0.15, 0.2) is 11.6 Å². The molecule has 0 saturated heterocycles. The number of nitrogens with zero attached hydrogens (tertiary/aromatic N) is 1. The summed E-state index contributed by atoms with van der Waals surface area (Å²) in [6.45, 7) is 9.83. The number of aliphatic hydroxyl groups excluding tert-OH is 1. The van der Waals surface area contributed by atoms with Crippen molar-refractivity contribution in [2.24, 2.45) is 5.16 Å². The van der Waals surface area contributed by atoms with Crippen LogP contribution in [-0.4, -0.2) is 34.9 Å². The molecule has 0 fully saturated rings. The average molecular weight is 406 g/mol. The second-order valence-electron chi connectivity index (χ2n) is 7.14. The number of rotatable bonds is 7. The average Bonchev–Trinajstić information content (AvgIpc) is 2.63. The molecule has 1 aliphatic carbocycles. The molecule has 0 amide bonds. The number of carbonyl (C=O) groups is 2. The van der Waals surface area contributed by atoms with Crippen molar-refractivity contribution in [3.63, 3.8) is 0 Å². The maximum Gasteiger partial charge on any atom is 0.178 e. The van der Waals surface area contributed by atoms with Gasteiger partial charge in [0, 0.05) is 18.4 Å². The molecule has 0 spiro atoms. The largest absolute Gasteiger partial charge is 0.511 e. The van der Waals surface area contributed by atoms with Gasteiger partial charge in [-0.1, -0.05) is 18.1 Å². The van der Waals surface area contributed by atoms with Gasteiger partial charge in [-0.15, -0.1) is 11.6 Å². The van der Waals surface area contributed by atoms with Gasteiger partial charge in [0.05, 0.1) is 17.2 Å². The molecule has 5 nitrogen and oxygen atoms in total. The summed E-state index contributed by atoms with van der Waals surface area (Å²) in [7, 11) is 0. The number of halogens is 1. The summed E-state index contributed by atoms with van der Waals surface area (Å²) in [6, 6.07) is 1.96. The van der Waals surface area contributed by atoms with Crippen molar-refractivity contribution in [2.45, 2.75) is 59.8 Å². The van der Waals surface area contributed by atoms with Crippen LogP contribution >= 0.6 is 11.6 Å². The summed E-state index contributed by atoms with van der Waals surface area (Å²) >= 11 is 5.79. The predicted octanol–water partition coefficient (Wildman–Crippen LogP) is 5.09. The zero-order valence-electron chi connectivity index (χ0n) is 17.2. The normalized spacial score (nSPS) is 17.9. The van der Waals surface area contributed by atoms with E-state index >= 15 is 0 Å². The summed E-state index contributed by atoms with van der Waals surface area (Å²) in [5.41, 5.74) is 5.03. The number of carbonyl (C=O) groups excluding carboxylic acids is 2. The molecule has 1 atom stereocenters. The Morgan fingerprint density at radius 3 is 2.46 bits per heavy atom. The minimum absolute atomic E-state index is 0.0335. The van der Waals surface area contributed by atoms with Gasteiger partial charge in [-0.05, 0) is 62.3 Å². The molecule has 0 heterocycles. The molecule has 1 aliphatic rings. The molecule has 1 aromatic rings. The zero-order valence-corrected chi connectivity index (χ0v) is 17.9. The van der Waals surface area contributed by atoms with Crippen LogP contribution < -0.4 is 0 Å². The van der Waals surface area contributed by atoms with E-state index in [1.54, 1.807) is 0 Å². The van der Waals surface area contributed by atoms with E-state index in [2.05, 4.69) is 5.16 Å². The Bertz CT molecular complexity index is 855. The van der Waals surface area contributed by atoms with Gasteiger partial charge in [0.1, 0.15) is 12.4 Å². The lowest BCUT2D eigenvalue weighted by Crippen LogP contribution is -2.25. The molecule has 28 heavy (non-hydrogen) atoms. The fraction of sp³-hybridized carbons (Fsp3) is 0.500. The van der Waals surface area contributed by atoms with Gasteiger partial charge in [0.2, 0.25) is 0 Å². The fourth-order valence-electron chi connectivity index (χ4n) is 4.18. The maximum absolute atomic E-state index is 12.9. The first-order valence-electron chi connectivity index (χ1n) is 9.60. The highest BCUT2D eigenvalue weighted by Gasteiger charge is 2.33. The van der Waals surface area contributed by atoms with Crippen LogP contribution in [0.5, 0.6) is 0 Å². The van der Waals surface area contributed by atoms with E-state index in [0.717, 1.165) is 22.3 Å². The van der Waals surface area contributed by atoms with Crippen molar-refractivity contribution in [2.75, 3.05) is 12.5 Å². The second-order valence-corrected chi connectivity index (χ2v) is 7.41. The Labute approximate surface area is 171 Å². The van der Waals surface area contributed by atoms with E-state index in [1.165, 1.54) is 0 Å². The Balaban J connectivity index is 2.51. The highest BCUT2D eigenvalue weighted by Crippen LogP contribution is 2.39. The molecular weight excluding hydrogens is 378 g/mol. The van der Waals surface area contributed by atoms with E-state index in [9.17, 15) is 14.7 Å². The second kappa shape index (κ2) is 9.37. The SMILES string of the molecule is CCO/N=C(/CC)C1=C(O)CC(c2c(C)cc(C)c(C(=O)CCl)c2C)CC1=O. The smallest absolute Gasteiger partial charge is 0.178 e. The number of allylic oxidation sites excluding steroid dienone is 2. The number of aryl methyl sites for hydroxylation is 2. The molecular formula is C22H28ClNO4. The summed E-state index contributed by atoms with van der Waals surface area (Å²) < 4.78 is 0. The number of aliphatic hydroxyl groups is 1. The van der Waals surface area contributed by atoms with E-state index < -0.39 is 0 Å².